The summed E-state index contributed by atoms with van der Waals surface area (Å²) in [6, 6.07) is 15.3. The molecule has 2 saturated heterocycles. The second-order valence-corrected chi connectivity index (χ2v) is 9.98. The lowest BCUT2D eigenvalue weighted by Crippen LogP contribution is -2.43. The lowest BCUT2D eigenvalue weighted by atomic mass is 9.84. The Morgan fingerprint density at radius 1 is 0.967 bits per heavy atom. The number of likely N-dealkylation sites (tertiary alicyclic amines) is 1. The van der Waals surface area contributed by atoms with Crippen LogP contribution in [-0.4, -0.2) is 52.7 Å². The van der Waals surface area contributed by atoms with E-state index < -0.39 is 5.60 Å². The van der Waals surface area contributed by atoms with Crippen molar-refractivity contribution in [2.24, 2.45) is 0 Å². The molecule has 2 aromatic carbocycles. The number of piperidine rings is 1. The lowest BCUT2D eigenvalue weighted by molar-refractivity contribution is -0.128. The van der Waals surface area contributed by atoms with E-state index >= 15 is 0 Å². The maximum atomic E-state index is 12.4. The third-order valence-corrected chi connectivity index (χ3v) is 7.82. The highest BCUT2D eigenvalue weighted by molar-refractivity contribution is 8.00. The number of benzene rings is 2. The fourth-order valence-electron chi connectivity index (χ4n) is 4.26. The Hall–Kier alpha value is -1.24. The molecule has 2 aromatic rings. The number of carbonyl (C=O) groups excluding carboxylic acids is 1. The van der Waals surface area contributed by atoms with Gasteiger partial charge in [-0.2, -0.15) is 0 Å². The van der Waals surface area contributed by atoms with Gasteiger partial charge in [-0.3, -0.25) is 4.79 Å². The van der Waals surface area contributed by atoms with Crippen molar-refractivity contribution in [2.75, 3.05) is 31.9 Å². The maximum absolute atomic E-state index is 12.4. The van der Waals surface area contributed by atoms with Gasteiger partial charge in [0.05, 0.1) is 11.4 Å². The van der Waals surface area contributed by atoms with Crippen LogP contribution in [0.1, 0.15) is 35.8 Å². The van der Waals surface area contributed by atoms with Gasteiger partial charge in [0.25, 0.3) is 0 Å². The first-order valence-electron chi connectivity index (χ1n) is 10.3. The van der Waals surface area contributed by atoms with Crippen molar-refractivity contribution < 1.29 is 9.90 Å². The van der Waals surface area contributed by atoms with Crippen molar-refractivity contribution in [1.82, 2.24) is 9.80 Å². The van der Waals surface area contributed by atoms with Gasteiger partial charge in [-0.1, -0.05) is 47.5 Å². The van der Waals surface area contributed by atoms with Crippen molar-refractivity contribution in [3.05, 3.63) is 69.7 Å². The van der Waals surface area contributed by atoms with Gasteiger partial charge in [0.2, 0.25) is 5.91 Å². The smallest absolute Gasteiger partial charge is 0.233 e. The molecule has 1 amide bonds. The molecule has 1 atom stereocenters. The highest BCUT2D eigenvalue weighted by atomic mass is 35.5. The van der Waals surface area contributed by atoms with Crippen molar-refractivity contribution in [3.8, 4) is 0 Å². The first-order chi connectivity index (χ1) is 14.4. The number of thioether (sulfide) groups is 1. The molecule has 30 heavy (non-hydrogen) atoms. The van der Waals surface area contributed by atoms with E-state index in [0.29, 0.717) is 28.6 Å². The second-order valence-electron chi connectivity index (χ2n) is 8.04. The van der Waals surface area contributed by atoms with Crippen LogP contribution in [0.15, 0.2) is 48.5 Å². The molecule has 0 aliphatic carbocycles. The summed E-state index contributed by atoms with van der Waals surface area (Å²) in [4.78, 5) is 16.8. The van der Waals surface area contributed by atoms with Crippen LogP contribution in [0.3, 0.4) is 0 Å². The van der Waals surface area contributed by atoms with Crippen molar-refractivity contribution in [1.29, 1.82) is 0 Å². The summed E-state index contributed by atoms with van der Waals surface area (Å²) in [5.74, 6) is 0.737. The van der Waals surface area contributed by atoms with Gasteiger partial charge in [-0.25, -0.2) is 0 Å². The predicted octanol–water partition coefficient (Wildman–Crippen LogP) is 4.94. The Bertz CT molecular complexity index is 868. The molecule has 1 N–H and O–H groups in total. The van der Waals surface area contributed by atoms with E-state index in [9.17, 15) is 9.90 Å². The van der Waals surface area contributed by atoms with E-state index in [0.717, 1.165) is 43.7 Å². The number of hydrogen-bond acceptors (Lipinski definition) is 4. The van der Waals surface area contributed by atoms with Crippen molar-refractivity contribution in [2.45, 2.75) is 30.2 Å². The van der Waals surface area contributed by atoms with Crippen LogP contribution >= 0.6 is 35.0 Å². The Kier molecular flexibility index (Phi) is 6.95. The van der Waals surface area contributed by atoms with Crippen LogP contribution in [0.2, 0.25) is 10.0 Å². The van der Waals surface area contributed by atoms with E-state index in [1.165, 1.54) is 0 Å². The predicted molar refractivity (Wildman–Crippen MR) is 124 cm³/mol. The number of hydrogen-bond donors (Lipinski definition) is 1. The van der Waals surface area contributed by atoms with Crippen LogP contribution in [-0.2, 0) is 10.4 Å². The number of aliphatic hydroxyl groups is 1. The van der Waals surface area contributed by atoms with Gasteiger partial charge < -0.3 is 14.9 Å². The van der Waals surface area contributed by atoms with E-state index in [2.05, 4.69) is 4.90 Å². The summed E-state index contributed by atoms with van der Waals surface area (Å²) in [6.07, 6.45) is 2.34. The minimum Gasteiger partial charge on any atom is -0.385 e. The van der Waals surface area contributed by atoms with E-state index in [1.807, 2.05) is 53.4 Å². The molecule has 2 heterocycles. The topological polar surface area (TPSA) is 43.8 Å². The molecular formula is C23H26Cl2N2O2S. The molecule has 2 aliphatic rings. The number of rotatable bonds is 6. The van der Waals surface area contributed by atoms with Crippen LogP contribution < -0.4 is 0 Å². The summed E-state index contributed by atoms with van der Waals surface area (Å²) >= 11 is 13.7. The molecule has 2 aliphatic heterocycles. The fourth-order valence-corrected chi connectivity index (χ4v) is 5.73. The minimum atomic E-state index is -0.775. The molecule has 4 rings (SSSR count). The van der Waals surface area contributed by atoms with E-state index in [-0.39, 0.29) is 11.3 Å². The molecule has 0 radical (unpaired) electrons. The molecule has 4 nitrogen and oxygen atoms in total. The zero-order chi connectivity index (χ0) is 21.1. The largest absolute Gasteiger partial charge is 0.385 e. The molecule has 0 bridgehead atoms. The molecule has 0 saturated carbocycles. The summed E-state index contributed by atoms with van der Waals surface area (Å²) < 4.78 is 0. The Morgan fingerprint density at radius 3 is 2.20 bits per heavy atom. The van der Waals surface area contributed by atoms with Gasteiger partial charge in [-0.15, -0.1) is 11.8 Å². The van der Waals surface area contributed by atoms with E-state index in [4.69, 9.17) is 23.2 Å². The van der Waals surface area contributed by atoms with Crippen molar-refractivity contribution in [3.63, 3.8) is 0 Å². The molecule has 1 unspecified atom stereocenters. The summed E-state index contributed by atoms with van der Waals surface area (Å²) in [5.41, 5.74) is 1.29. The SMILES string of the molecule is O=C1CSC(c2ccc(Cl)cc2)N1CCCN1CCC(O)(c2ccc(Cl)cc2)CC1. The summed E-state index contributed by atoms with van der Waals surface area (Å²) in [7, 11) is 0. The second kappa shape index (κ2) is 9.49. The molecular weight excluding hydrogens is 439 g/mol. The highest BCUT2D eigenvalue weighted by Gasteiger charge is 2.35. The maximum Gasteiger partial charge on any atom is 0.233 e. The first kappa shape index (κ1) is 22.0. The molecule has 160 valence electrons. The standard InChI is InChI=1S/C23H26Cl2N2O2S/c24-19-6-2-17(3-7-19)22-27(21(28)16-30-22)13-1-12-26-14-10-23(29,11-15-26)18-4-8-20(25)9-5-18/h2-9,22,29H,1,10-16H2. The van der Waals surface area contributed by atoms with Gasteiger partial charge in [0, 0.05) is 29.7 Å². The highest BCUT2D eigenvalue weighted by Crippen LogP contribution is 2.39. The number of halogens is 2. The Labute approximate surface area is 192 Å². The van der Waals surface area contributed by atoms with Gasteiger partial charge >= 0.3 is 0 Å². The van der Waals surface area contributed by atoms with Gasteiger partial charge in [0.1, 0.15) is 5.37 Å². The van der Waals surface area contributed by atoms with Gasteiger partial charge in [-0.05, 0) is 61.2 Å². The average molecular weight is 465 g/mol. The average Bonchev–Trinajstić information content (AvgIpc) is 3.11. The van der Waals surface area contributed by atoms with Crippen LogP contribution in [0, 0.1) is 0 Å². The zero-order valence-electron chi connectivity index (χ0n) is 16.8. The van der Waals surface area contributed by atoms with Gasteiger partial charge in [0.15, 0.2) is 0 Å². The monoisotopic (exact) mass is 464 g/mol. The normalized spacial score (nSPS) is 21.9. The third kappa shape index (κ3) is 4.97. The zero-order valence-corrected chi connectivity index (χ0v) is 19.1. The number of nitrogens with zero attached hydrogens (tertiary/aromatic N) is 2. The summed E-state index contributed by atoms with van der Waals surface area (Å²) in [6.45, 7) is 3.38. The lowest BCUT2D eigenvalue weighted by Gasteiger charge is -2.39. The molecule has 0 spiro atoms. The minimum absolute atomic E-state index is 0.0751. The molecule has 7 heteroatoms. The number of carbonyl (C=O) groups is 1. The quantitative estimate of drug-likeness (QED) is 0.657. The van der Waals surface area contributed by atoms with Crippen LogP contribution in [0.4, 0.5) is 0 Å². The fraction of sp³-hybridized carbons (Fsp3) is 0.435. The molecule has 2 fully saturated rings. The van der Waals surface area contributed by atoms with Crippen molar-refractivity contribution >= 4 is 40.9 Å². The Morgan fingerprint density at radius 2 is 1.57 bits per heavy atom. The van der Waals surface area contributed by atoms with E-state index in [1.54, 1.807) is 11.8 Å². The Balaban J connectivity index is 1.28. The van der Waals surface area contributed by atoms with Crippen LogP contribution in [0.5, 0.6) is 0 Å². The first-order valence-corrected chi connectivity index (χ1v) is 12.1. The number of amides is 1. The molecule has 0 aromatic heterocycles. The summed E-state index contributed by atoms with van der Waals surface area (Å²) in [5, 5.41) is 12.5. The van der Waals surface area contributed by atoms with Crippen LogP contribution in [0.25, 0.3) is 0 Å². The third-order valence-electron chi connectivity index (χ3n) is 6.06.